The van der Waals surface area contributed by atoms with E-state index in [1.807, 2.05) is 60.7 Å². The predicted molar refractivity (Wildman–Crippen MR) is 214 cm³/mol. The Morgan fingerprint density at radius 3 is 1.93 bits per heavy atom. The minimum Gasteiger partial charge on any atom is -0.353 e. The van der Waals surface area contributed by atoms with Crippen LogP contribution in [0.15, 0.2) is 127 Å². The van der Waals surface area contributed by atoms with Crippen LogP contribution in [-0.4, -0.2) is 88.9 Å². The number of hydrogen-bond donors (Lipinski definition) is 1. The summed E-state index contributed by atoms with van der Waals surface area (Å²) in [5.74, 6) is -0.0430. The third-order valence-electron chi connectivity index (χ3n) is 10.4. The molecule has 2 amide bonds. The number of nitrogens with one attached hydrogen (secondary N) is 1. The first kappa shape index (κ1) is 39.2. The summed E-state index contributed by atoms with van der Waals surface area (Å²) in [5, 5.41) is 3.00. The fourth-order valence-electron chi connectivity index (χ4n) is 7.22. The molecule has 57 heavy (non-hydrogen) atoms. The van der Waals surface area contributed by atoms with Crippen LogP contribution in [0, 0.1) is 5.92 Å². The van der Waals surface area contributed by atoms with Crippen molar-refractivity contribution in [1.29, 1.82) is 0 Å². The van der Waals surface area contributed by atoms with E-state index >= 15 is 0 Å². The van der Waals surface area contributed by atoms with Gasteiger partial charge in [-0.25, -0.2) is 15.0 Å². The molecular weight excluding hydrogens is 730 g/mol. The molecule has 2 aliphatic heterocycles. The lowest BCUT2D eigenvalue weighted by atomic mass is 9.88. The van der Waals surface area contributed by atoms with Crippen LogP contribution in [0.3, 0.4) is 0 Å². The van der Waals surface area contributed by atoms with Gasteiger partial charge in [0.2, 0.25) is 17.8 Å². The van der Waals surface area contributed by atoms with Gasteiger partial charge in [-0.1, -0.05) is 78.9 Å². The molecule has 10 nitrogen and oxygen atoms in total. The fourth-order valence-corrected chi connectivity index (χ4v) is 7.22. The lowest BCUT2D eigenvalue weighted by molar-refractivity contribution is -0.138. The van der Waals surface area contributed by atoms with Crippen molar-refractivity contribution in [2.75, 3.05) is 62.2 Å². The predicted octanol–water partition coefficient (Wildman–Crippen LogP) is 6.12. The number of hydrogen-bond acceptors (Lipinski definition) is 8. The molecule has 0 bridgehead atoms. The van der Waals surface area contributed by atoms with E-state index in [4.69, 9.17) is 0 Å². The van der Waals surface area contributed by atoms with Crippen LogP contribution >= 0.6 is 0 Å². The van der Waals surface area contributed by atoms with Gasteiger partial charge in [-0.2, -0.15) is 13.2 Å². The van der Waals surface area contributed by atoms with Gasteiger partial charge in [0.05, 0.1) is 11.5 Å². The van der Waals surface area contributed by atoms with E-state index in [-0.39, 0.29) is 24.4 Å². The molecule has 7 rings (SSSR count). The average Bonchev–Trinajstić information content (AvgIpc) is 3.25. The van der Waals surface area contributed by atoms with E-state index < -0.39 is 23.6 Å². The first-order valence-corrected chi connectivity index (χ1v) is 19.2. The number of amides is 2. The molecule has 3 aromatic carbocycles. The Bertz CT molecular complexity index is 2090. The second-order valence-electron chi connectivity index (χ2n) is 14.3. The van der Waals surface area contributed by atoms with Crippen LogP contribution in [-0.2, 0) is 35.3 Å². The molecule has 0 radical (unpaired) electrons. The number of nitrogens with zero attached hydrogens (tertiary/aromatic N) is 7. The number of carbonyl (C=O) groups is 2. The van der Waals surface area contributed by atoms with Crippen molar-refractivity contribution < 1.29 is 22.8 Å². The van der Waals surface area contributed by atoms with E-state index in [1.54, 1.807) is 35.6 Å². The minimum absolute atomic E-state index is 0.139. The maximum Gasteiger partial charge on any atom is 0.416 e. The first-order valence-electron chi connectivity index (χ1n) is 19.2. The maximum absolute atomic E-state index is 14.6. The average molecular weight is 775 g/mol. The summed E-state index contributed by atoms with van der Waals surface area (Å²) in [5.41, 5.74) is 2.59. The van der Waals surface area contributed by atoms with Crippen LogP contribution in [0.5, 0.6) is 0 Å². The van der Waals surface area contributed by atoms with E-state index in [2.05, 4.69) is 47.1 Å². The number of alkyl halides is 3. The molecule has 0 unspecified atom stereocenters. The Balaban J connectivity index is 1.08. The number of piperazine rings is 2. The Labute approximate surface area is 330 Å². The Kier molecular flexibility index (Phi) is 12.5. The molecule has 5 aromatic rings. The molecular formula is C44H45F3N8O2. The SMILES string of the molecule is O=C(NCc1ccc(N2CCN(c3ncccn3)CC2)nc1)C(=Cc1ccc(C(F)(F)F)cc1)[C@H](Cc1ccccc1)C(=O)N1CCN(Cc2ccccc2)CC1. The lowest BCUT2D eigenvalue weighted by Crippen LogP contribution is -2.51. The number of carbonyl (C=O) groups excluding carboxylic acids is 2. The second kappa shape index (κ2) is 18.2. The van der Waals surface area contributed by atoms with Gasteiger partial charge in [0.1, 0.15) is 5.82 Å². The molecule has 294 valence electrons. The van der Waals surface area contributed by atoms with Crippen LogP contribution in [0.4, 0.5) is 24.9 Å². The highest BCUT2D eigenvalue weighted by atomic mass is 19.4. The normalized spacial score (nSPS) is 16.0. The summed E-state index contributed by atoms with van der Waals surface area (Å²) >= 11 is 0. The molecule has 13 heteroatoms. The molecule has 4 heterocycles. The van der Waals surface area contributed by atoms with E-state index in [0.29, 0.717) is 37.7 Å². The van der Waals surface area contributed by atoms with Crippen molar-refractivity contribution in [3.63, 3.8) is 0 Å². The summed E-state index contributed by atoms with van der Waals surface area (Å²) in [6, 6.07) is 29.9. The second-order valence-corrected chi connectivity index (χ2v) is 14.3. The Morgan fingerprint density at radius 1 is 0.684 bits per heavy atom. The van der Waals surface area contributed by atoms with E-state index in [9.17, 15) is 22.8 Å². The summed E-state index contributed by atoms with van der Waals surface area (Å²) in [6.07, 6.45) is 2.47. The zero-order valence-electron chi connectivity index (χ0n) is 31.6. The molecule has 1 N–H and O–H groups in total. The van der Waals surface area contributed by atoms with Gasteiger partial charge in [0, 0.05) is 89.6 Å². The number of benzene rings is 3. The Morgan fingerprint density at radius 2 is 1.32 bits per heavy atom. The monoisotopic (exact) mass is 774 g/mol. The minimum atomic E-state index is -4.51. The quantitative estimate of drug-likeness (QED) is 0.152. The number of aromatic nitrogens is 3. The highest BCUT2D eigenvalue weighted by molar-refractivity contribution is 6.04. The molecule has 0 saturated carbocycles. The molecule has 0 aliphatic carbocycles. The van der Waals surface area contributed by atoms with Gasteiger partial charge in [0.15, 0.2) is 0 Å². The van der Waals surface area contributed by atoms with Crippen LogP contribution in [0.1, 0.15) is 27.8 Å². The molecule has 2 aliphatic rings. The maximum atomic E-state index is 14.6. The zero-order valence-corrected chi connectivity index (χ0v) is 31.6. The highest BCUT2D eigenvalue weighted by Gasteiger charge is 2.34. The van der Waals surface area contributed by atoms with Gasteiger partial charge in [-0.3, -0.25) is 14.5 Å². The van der Waals surface area contributed by atoms with Gasteiger partial charge < -0.3 is 20.0 Å². The van der Waals surface area contributed by atoms with Crippen molar-refractivity contribution in [2.24, 2.45) is 5.92 Å². The van der Waals surface area contributed by atoms with Gasteiger partial charge in [-0.05, 0) is 59.0 Å². The highest BCUT2D eigenvalue weighted by Crippen LogP contribution is 2.30. The van der Waals surface area contributed by atoms with Crippen LogP contribution in [0.25, 0.3) is 6.08 Å². The summed E-state index contributed by atoms with van der Waals surface area (Å²) in [4.78, 5) is 50.7. The number of pyridine rings is 1. The lowest BCUT2D eigenvalue weighted by Gasteiger charge is -2.37. The van der Waals surface area contributed by atoms with E-state index in [0.717, 1.165) is 61.8 Å². The third-order valence-corrected chi connectivity index (χ3v) is 10.4. The molecule has 2 aromatic heterocycles. The van der Waals surface area contributed by atoms with E-state index in [1.165, 1.54) is 17.7 Å². The molecule has 1 atom stereocenters. The molecule has 2 saturated heterocycles. The van der Waals surface area contributed by atoms with Crippen LogP contribution < -0.4 is 15.1 Å². The largest absolute Gasteiger partial charge is 0.416 e. The smallest absolute Gasteiger partial charge is 0.353 e. The van der Waals surface area contributed by atoms with Crippen molar-refractivity contribution in [2.45, 2.75) is 25.7 Å². The summed E-state index contributed by atoms with van der Waals surface area (Å²) in [7, 11) is 0. The molecule has 0 spiro atoms. The summed E-state index contributed by atoms with van der Waals surface area (Å²) < 4.78 is 40.4. The van der Waals surface area contributed by atoms with Crippen LogP contribution in [0.2, 0.25) is 0 Å². The van der Waals surface area contributed by atoms with Crippen molar-refractivity contribution in [3.8, 4) is 0 Å². The molecule has 2 fully saturated rings. The topological polar surface area (TPSA) is 97.8 Å². The van der Waals surface area contributed by atoms with Crippen molar-refractivity contribution in [3.05, 3.63) is 155 Å². The number of halogens is 3. The summed E-state index contributed by atoms with van der Waals surface area (Å²) in [6.45, 7) is 6.22. The van der Waals surface area contributed by atoms with Gasteiger partial charge >= 0.3 is 6.18 Å². The fraction of sp³-hybridized carbons (Fsp3) is 0.295. The van der Waals surface area contributed by atoms with Crippen molar-refractivity contribution >= 4 is 29.7 Å². The van der Waals surface area contributed by atoms with Gasteiger partial charge in [-0.15, -0.1) is 0 Å². The van der Waals surface area contributed by atoms with Crippen molar-refractivity contribution in [1.82, 2.24) is 30.1 Å². The number of rotatable bonds is 12. The Hall–Kier alpha value is -6.08. The van der Waals surface area contributed by atoms with Gasteiger partial charge in [0.25, 0.3) is 0 Å². The zero-order chi connectivity index (χ0) is 39.6. The first-order chi connectivity index (χ1) is 27.7. The standard InChI is InChI=1S/C44H45F3N8O2/c45-44(46,47)37-15-12-34(13-16-37)28-38(41(56)51-31-36-14-17-40(50-30-36)53-24-26-55(27-25-53)43-48-18-7-19-49-43)39(29-33-8-3-1-4-9-33)42(57)54-22-20-52(21-23-54)32-35-10-5-2-6-11-35/h1-19,28,30,39H,20-27,29,31-32H2,(H,51,56)/t39-/m0/s1. The number of anilines is 2. The third kappa shape index (κ3) is 10.4.